The SMILES string of the molecule is CC(C)Oc1nn(CC(F)(F)F)cc1NC(N)=O. The van der Waals surface area contributed by atoms with Crippen molar-refractivity contribution in [1.29, 1.82) is 0 Å². The smallest absolute Gasteiger partial charge is 0.408 e. The molecule has 0 aliphatic carbocycles. The zero-order valence-corrected chi connectivity index (χ0v) is 9.78. The molecule has 0 aromatic carbocycles. The summed E-state index contributed by atoms with van der Waals surface area (Å²) in [5.41, 5.74) is 4.90. The Hall–Kier alpha value is -1.93. The van der Waals surface area contributed by atoms with Crippen LogP contribution in [0.25, 0.3) is 0 Å². The van der Waals surface area contributed by atoms with Gasteiger partial charge in [0.15, 0.2) is 0 Å². The van der Waals surface area contributed by atoms with Crippen LogP contribution in [0.15, 0.2) is 6.20 Å². The van der Waals surface area contributed by atoms with E-state index in [1.807, 2.05) is 0 Å². The van der Waals surface area contributed by atoms with E-state index in [0.717, 1.165) is 6.20 Å². The Labute approximate surface area is 101 Å². The van der Waals surface area contributed by atoms with Crippen LogP contribution < -0.4 is 15.8 Å². The van der Waals surface area contributed by atoms with Gasteiger partial charge in [0.05, 0.1) is 12.3 Å². The molecule has 3 N–H and O–H groups in total. The lowest BCUT2D eigenvalue weighted by molar-refractivity contribution is -0.142. The largest absolute Gasteiger partial charge is 0.472 e. The van der Waals surface area contributed by atoms with E-state index >= 15 is 0 Å². The topological polar surface area (TPSA) is 82.2 Å². The minimum Gasteiger partial charge on any atom is -0.472 e. The van der Waals surface area contributed by atoms with Crippen molar-refractivity contribution in [3.63, 3.8) is 0 Å². The number of nitrogens with one attached hydrogen (secondary N) is 1. The van der Waals surface area contributed by atoms with Gasteiger partial charge in [-0.05, 0) is 13.8 Å². The minimum atomic E-state index is -4.41. The number of aromatic nitrogens is 2. The van der Waals surface area contributed by atoms with Crippen molar-refractivity contribution in [1.82, 2.24) is 9.78 Å². The van der Waals surface area contributed by atoms with E-state index in [4.69, 9.17) is 10.5 Å². The van der Waals surface area contributed by atoms with Crippen molar-refractivity contribution in [2.45, 2.75) is 32.7 Å². The highest BCUT2D eigenvalue weighted by Gasteiger charge is 2.29. The van der Waals surface area contributed by atoms with Gasteiger partial charge in [-0.3, -0.25) is 4.68 Å². The molecular weight excluding hydrogens is 253 g/mol. The van der Waals surface area contributed by atoms with Gasteiger partial charge in [0.1, 0.15) is 12.2 Å². The van der Waals surface area contributed by atoms with Gasteiger partial charge in [0, 0.05) is 0 Å². The number of hydrogen-bond acceptors (Lipinski definition) is 3. The van der Waals surface area contributed by atoms with Gasteiger partial charge in [-0.1, -0.05) is 0 Å². The number of alkyl halides is 3. The molecule has 2 amide bonds. The summed E-state index contributed by atoms with van der Waals surface area (Å²) in [6.45, 7) is 2.08. The molecule has 0 bridgehead atoms. The third-order valence-electron chi connectivity index (χ3n) is 1.67. The lowest BCUT2D eigenvalue weighted by Gasteiger charge is -2.08. The van der Waals surface area contributed by atoms with Crippen molar-refractivity contribution in [3.05, 3.63) is 6.20 Å². The monoisotopic (exact) mass is 266 g/mol. The summed E-state index contributed by atoms with van der Waals surface area (Å²) >= 11 is 0. The number of urea groups is 1. The molecule has 18 heavy (non-hydrogen) atoms. The number of carbonyl (C=O) groups is 1. The van der Waals surface area contributed by atoms with Gasteiger partial charge in [0.2, 0.25) is 0 Å². The van der Waals surface area contributed by atoms with Crippen LogP contribution in [0.1, 0.15) is 13.8 Å². The first-order valence-electron chi connectivity index (χ1n) is 5.04. The highest BCUT2D eigenvalue weighted by Crippen LogP contribution is 2.25. The molecule has 0 aliphatic rings. The van der Waals surface area contributed by atoms with Crippen LogP contribution in [0.4, 0.5) is 23.7 Å². The first kappa shape index (κ1) is 14.1. The highest BCUT2D eigenvalue weighted by atomic mass is 19.4. The second-order valence-electron chi connectivity index (χ2n) is 3.82. The number of primary amides is 1. The maximum absolute atomic E-state index is 12.2. The molecule has 1 rings (SSSR count). The van der Waals surface area contributed by atoms with Crippen LogP contribution in [-0.4, -0.2) is 28.1 Å². The first-order chi connectivity index (χ1) is 8.17. The zero-order chi connectivity index (χ0) is 13.9. The maximum Gasteiger partial charge on any atom is 0.408 e. The fourth-order valence-corrected chi connectivity index (χ4v) is 1.20. The maximum atomic E-state index is 12.2. The molecular formula is C9H13F3N4O2. The fourth-order valence-electron chi connectivity index (χ4n) is 1.20. The Bertz CT molecular complexity index is 428. The molecule has 0 radical (unpaired) electrons. The highest BCUT2D eigenvalue weighted by molar-refractivity contribution is 5.88. The number of hydrogen-bond donors (Lipinski definition) is 2. The van der Waals surface area contributed by atoms with E-state index in [-0.39, 0.29) is 17.7 Å². The van der Waals surface area contributed by atoms with Gasteiger partial charge >= 0.3 is 12.2 Å². The summed E-state index contributed by atoms with van der Waals surface area (Å²) < 4.78 is 42.4. The molecule has 6 nitrogen and oxygen atoms in total. The van der Waals surface area contributed by atoms with Crippen LogP contribution >= 0.6 is 0 Å². The third-order valence-corrected chi connectivity index (χ3v) is 1.67. The van der Waals surface area contributed by atoms with Crippen molar-refractivity contribution in [3.8, 4) is 5.88 Å². The molecule has 1 aromatic heterocycles. The summed E-state index contributed by atoms with van der Waals surface area (Å²) in [7, 11) is 0. The summed E-state index contributed by atoms with van der Waals surface area (Å²) in [5, 5.41) is 5.74. The molecule has 0 saturated carbocycles. The van der Waals surface area contributed by atoms with E-state index in [9.17, 15) is 18.0 Å². The standard InChI is InChI=1S/C9H13F3N4O2/c1-5(2)18-7-6(14-8(13)17)3-16(15-7)4-9(10,11)12/h3,5H,4H2,1-2H3,(H3,13,14,17). The van der Waals surface area contributed by atoms with Crippen molar-refractivity contribution in [2.24, 2.45) is 5.73 Å². The van der Waals surface area contributed by atoms with Crippen LogP contribution in [0.2, 0.25) is 0 Å². The molecule has 0 unspecified atom stereocenters. The number of amides is 2. The van der Waals surface area contributed by atoms with Crippen LogP contribution in [0.3, 0.4) is 0 Å². The molecule has 0 spiro atoms. The van der Waals surface area contributed by atoms with Crippen molar-refractivity contribution >= 4 is 11.7 Å². The molecule has 1 heterocycles. The normalized spacial score (nSPS) is 11.7. The van der Waals surface area contributed by atoms with E-state index in [0.29, 0.717) is 4.68 Å². The quantitative estimate of drug-likeness (QED) is 0.870. The minimum absolute atomic E-state index is 0.000417. The van der Waals surface area contributed by atoms with E-state index in [1.54, 1.807) is 13.8 Å². The lowest BCUT2D eigenvalue weighted by atomic mass is 10.4. The van der Waals surface area contributed by atoms with Gasteiger partial charge in [-0.2, -0.15) is 13.2 Å². The fraction of sp³-hybridized carbons (Fsp3) is 0.556. The van der Waals surface area contributed by atoms with Crippen molar-refractivity contribution < 1.29 is 22.7 Å². The average molecular weight is 266 g/mol. The predicted octanol–water partition coefficient (Wildman–Crippen LogP) is 1.72. The number of ether oxygens (including phenoxy) is 1. The summed E-state index contributed by atoms with van der Waals surface area (Å²) in [6, 6.07) is -0.907. The summed E-state index contributed by atoms with van der Waals surface area (Å²) in [6.07, 6.45) is -3.70. The van der Waals surface area contributed by atoms with Crippen molar-refractivity contribution in [2.75, 3.05) is 5.32 Å². The van der Waals surface area contributed by atoms with Gasteiger partial charge < -0.3 is 15.8 Å². The number of anilines is 1. The van der Waals surface area contributed by atoms with Gasteiger partial charge in [-0.15, -0.1) is 5.10 Å². The first-order valence-corrected chi connectivity index (χ1v) is 5.04. The van der Waals surface area contributed by atoms with E-state index < -0.39 is 18.8 Å². The Balaban J connectivity index is 2.95. The van der Waals surface area contributed by atoms with E-state index in [1.165, 1.54) is 0 Å². The second-order valence-corrected chi connectivity index (χ2v) is 3.82. The molecule has 102 valence electrons. The average Bonchev–Trinajstić information content (AvgIpc) is 2.41. The Kier molecular flexibility index (Phi) is 4.04. The zero-order valence-electron chi connectivity index (χ0n) is 9.78. The Morgan fingerprint density at radius 3 is 2.67 bits per heavy atom. The number of rotatable bonds is 4. The molecule has 1 aromatic rings. The van der Waals surface area contributed by atoms with Gasteiger partial charge in [0.25, 0.3) is 5.88 Å². The Morgan fingerprint density at radius 2 is 2.22 bits per heavy atom. The van der Waals surface area contributed by atoms with Crippen LogP contribution in [0.5, 0.6) is 5.88 Å². The Morgan fingerprint density at radius 1 is 1.61 bits per heavy atom. The molecule has 0 atom stereocenters. The van der Waals surface area contributed by atoms with Crippen LogP contribution in [0, 0.1) is 0 Å². The molecule has 0 aliphatic heterocycles. The number of halogens is 3. The third kappa shape index (κ3) is 4.52. The summed E-state index contributed by atoms with van der Waals surface area (Å²) in [4.78, 5) is 10.7. The molecule has 0 saturated heterocycles. The van der Waals surface area contributed by atoms with Gasteiger partial charge in [-0.25, -0.2) is 4.79 Å². The summed E-state index contributed by atoms with van der Waals surface area (Å²) in [5.74, 6) is -0.104. The predicted molar refractivity (Wildman–Crippen MR) is 57.3 cm³/mol. The molecule has 0 fully saturated rings. The van der Waals surface area contributed by atoms with Crippen LogP contribution in [-0.2, 0) is 6.54 Å². The number of carbonyl (C=O) groups excluding carboxylic acids is 1. The molecule has 9 heteroatoms. The number of nitrogens with two attached hydrogens (primary N) is 1. The lowest BCUT2D eigenvalue weighted by Crippen LogP contribution is -2.20. The second kappa shape index (κ2) is 5.15. The van der Waals surface area contributed by atoms with E-state index in [2.05, 4.69) is 10.4 Å². The number of nitrogens with zero attached hydrogens (tertiary/aromatic N) is 2.